The molecule has 2 nitrogen and oxygen atoms in total. The number of rotatable bonds is 5. The summed E-state index contributed by atoms with van der Waals surface area (Å²) in [6, 6.07) is 0.671. The molecular weight excluding hydrogens is 234 g/mol. The van der Waals surface area contributed by atoms with Gasteiger partial charge in [0.05, 0.1) is 0 Å². The number of piperazine rings is 1. The van der Waals surface area contributed by atoms with Crippen molar-refractivity contribution in [2.24, 2.45) is 5.92 Å². The number of halogens is 2. The normalized spacial score (nSPS) is 28.0. The number of hydrogen-bond acceptors (Lipinski definition) is 2. The summed E-state index contributed by atoms with van der Waals surface area (Å²) in [5.41, 5.74) is 0. The van der Waals surface area contributed by atoms with Crippen LogP contribution in [0.5, 0.6) is 0 Å². The third-order valence-corrected chi connectivity index (χ3v) is 4.43. The van der Waals surface area contributed by atoms with E-state index in [4.69, 9.17) is 0 Å². The van der Waals surface area contributed by atoms with E-state index in [-0.39, 0.29) is 18.8 Å². The number of nitrogens with zero attached hydrogens (tertiary/aromatic N) is 2. The molecule has 1 heterocycles. The molecule has 106 valence electrons. The Morgan fingerprint density at radius 1 is 1.17 bits per heavy atom. The Morgan fingerprint density at radius 2 is 1.78 bits per heavy atom. The SMILES string of the molecule is CCCC(C)N1CCN(CC2CC(F)(F)C2)CC1. The zero-order valence-corrected chi connectivity index (χ0v) is 11.7. The molecule has 0 aromatic carbocycles. The minimum absolute atomic E-state index is 0.111. The Kier molecular flexibility index (Phi) is 4.59. The highest BCUT2D eigenvalue weighted by molar-refractivity contribution is 4.89. The predicted octanol–water partition coefficient (Wildman–Crippen LogP) is 2.84. The van der Waals surface area contributed by atoms with Crippen molar-refractivity contribution < 1.29 is 8.78 Å². The van der Waals surface area contributed by atoms with Gasteiger partial charge in [0, 0.05) is 51.6 Å². The predicted molar refractivity (Wildman–Crippen MR) is 70.1 cm³/mol. The van der Waals surface area contributed by atoms with E-state index in [0.717, 1.165) is 32.7 Å². The van der Waals surface area contributed by atoms with Crippen LogP contribution in [0.2, 0.25) is 0 Å². The van der Waals surface area contributed by atoms with Crippen molar-refractivity contribution in [1.29, 1.82) is 0 Å². The van der Waals surface area contributed by atoms with Gasteiger partial charge in [-0.3, -0.25) is 4.90 Å². The lowest BCUT2D eigenvalue weighted by Crippen LogP contribution is -2.52. The van der Waals surface area contributed by atoms with Crippen molar-refractivity contribution >= 4 is 0 Å². The van der Waals surface area contributed by atoms with E-state index in [1.807, 2.05) is 0 Å². The molecule has 1 atom stereocenters. The van der Waals surface area contributed by atoms with Crippen LogP contribution in [0, 0.1) is 5.92 Å². The van der Waals surface area contributed by atoms with Crippen molar-refractivity contribution in [3.8, 4) is 0 Å². The molecule has 18 heavy (non-hydrogen) atoms. The van der Waals surface area contributed by atoms with E-state index in [1.54, 1.807) is 0 Å². The minimum atomic E-state index is -2.36. The van der Waals surface area contributed by atoms with Gasteiger partial charge in [-0.25, -0.2) is 8.78 Å². The molecule has 2 rings (SSSR count). The first-order chi connectivity index (χ1) is 8.50. The van der Waals surface area contributed by atoms with Gasteiger partial charge in [0.25, 0.3) is 0 Å². The summed E-state index contributed by atoms with van der Waals surface area (Å²) in [4.78, 5) is 4.91. The van der Waals surface area contributed by atoms with Crippen molar-refractivity contribution in [2.75, 3.05) is 32.7 Å². The maximum atomic E-state index is 12.8. The van der Waals surface area contributed by atoms with Gasteiger partial charge < -0.3 is 4.90 Å². The highest BCUT2D eigenvalue weighted by atomic mass is 19.3. The summed E-state index contributed by atoms with van der Waals surface area (Å²) in [5.74, 6) is -2.12. The van der Waals surface area contributed by atoms with Gasteiger partial charge in [0.2, 0.25) is 5.92 Å². The molecule has 0 N–H and O–H groups in total. The third kappa shape index (κ3) is 3.64. The highest BCUT2D eigenvalue weighted by Crippen LogP contribution is 2.42. The van der Waals surface area contributed by atoms with Crippen LogP contribution in [0.15, 0.2) is 0 Å². The molecule has 4 heteroatoms. The molecule has 1 aliphatic carbocycles. The fourth-order valence-corrected chi connectivity index (χ4v) is 3.27. The van der Waals surface area contributed by atoms with Crippen LogP contribution in [0.1, 0.15) is 39.5 Å². The molecule has 1 saturated carbocycles. The van der Waals surface area contributed by atoms with E-state index in [0.29, 0.717) is 6.04 Å². The molecule has 1 saturated heterocycles. The summed E-state index contributed by atoms with van der Waals surface area (Å²) >= 11 is 0. The van der Waals surface area contributed by atoms with Gasteiger partial charge in [0.15, 0.2) is 0 Å². The Hall–Kier alpha value is -0.220. The van der Waals surface area contributed by atoms with Crippen LogP contribution >= 0.6 is 0 Å². The molecule has 0 aromatic heterocycles. The number of hydrogen-bond donors (Lipinski definition) is 0. The quantitative estimate of drug-likeness (QED) is 0.750. The van der Waals surface area contributed by atoms with Crippen LogP contribution in [0.4, 0.5) is 8.78 Å². The Labute approximate surface area is 109 Å². The smallest absolute Gasteiger partial charge is 0.248 e. The maximum absolute atomic E-state index is 12.8. The Balaban J connectivity index is 1.65. The second kappa shape index (κ2) is 5.83. The van der Waals surface area contributed by atoms with Crippen molar-refractivity contribution in [3.63, 3.8) is 0 Å². The first kappa shape index (κ1) is 14.2. The third-order valence-electron chi connectivity index (χ3n) is 4.43. The zero-order chi connectivity index (χ0) is 13.2. The summed E-state index contributed by atoms with van der Waals surface area (Å²) in [7, 11) is 0. The molecule has 0 radical (unpaired) electrons. The standard InChI is InChI=1S/C14H26F2N2/c1-3-4-12(2)18-7-5-17(6-8-18)11-13-9-14(15,16)10-13/h12-13H,3-11H2,1-2H3. The Morgan fingerprint density at radius 3 is 2.28 bits per heavy atom. The lowest BCUT2D eigenvalue weighted by Gasteiger charge is -2.42. The van der Waals surface area contributed by atoms with Crippen LogP contribution in [0.25, 0.3) is 0 Å². The van der Waals surface area contributed by atoms with Crippen LogP contribution in [0.3, 0.4) is 0 Å². The molecule has 2 aliphatic rings. The average Bonchev–Trinajstić information content (AvgIpc) is 2.28. The van der Waals surface area contributed by atoms with Gasteiger partial charge in [-0.2, -0.15) is 0 Å². The number of alkyl halides is 2. The Bertz CT molecular complexity index is 255. The van der Waals surface area contributed by atoms with Crippen molar-refractivity contribution in [2.45, 2.75) is 51.5 Å². The van der Waals surface area contributed by atoms with Gasteiger partial charge in [0.1, 0.15) is 0 Å². The van der Waals surface area contributed by atoms with Crippen LogP contribution < -0.4 is 0 Å². The summed E-state index contributed by atoms with van der Waals surface area (Å²) < 4.78 is 25.5. The van der Waals surface area contributed by atoms with Gasteiger partial charge >= 0.3 is 0 Å². The highest BCUT2D eigenvalue weighted by Gasteiger charge is 2.45. The van der Waals surface area contributed by atoms with Gasteiger partial charge in [-0.15, -0.1) is 0 Å². The zero-order valence-electron chi connectivity index (χ0n) is 11.7. The first-order valence-corrected chi connectivity index (χ1v) is 7.34. The molecule has 1 aliphatic heterocycles. The second-order valence-corrected chi connectivity index (χ2v) is 6.10. The fourth-order valence-electron chi connectivity index (χ4n) is 3.27. The lowest BCUT2D eigenvalue weighted by atomic mass is 9.81. The summed E-state index contributed by atoms with van der Waals surface area (Å²) in [6.45, 7) is 9.71. The monoisotopic (exact) mass is 260 g/mol. The maximum Gasteiger partial charge on any atom is 0.248 e. The first-order valence-electron chi connectivity index (χ1n) is 7.34. The summed E-state index contributed by atoms with van der Waals surface area (Å²) in [6.07, 6.45) is 2.71. The summed E-state index contributed by atoms with van der Waals surface area (Å²) in [5, 5.41) is 0. The van der Waals surface area contributed by atoms with E-state index in [2.05, 4.69) is 23.6 Å². The van der Waals surface area contributed by atoms with E-state index in [9.17, 15) is 8.78 Å². The van der Waals surface area contributed by atoms with Gasteiger partial charge in [-0.05, 0) is 19.3 Å². The molecule has 0 amide bonds. The largest absolute Gasteiger partial charge is 0.301 e. The van der Waals surface area contributed by atoms with E-state index < -0.39 is 5.92 Å². The molecule has 2 fully saturated rings. The lowest BCUT2D eigenvalue weighted by molar-refractivity contribution is -0.118. The fraction of sp³-hybridized carbons (Fsp3) is 1.00. The van der Waals surface area contributed by atoms with Gasteiger partial charge in [-0.1, -0.05) is 13.3 Å². The molecule has 0 bridgehead atoms. The average molecular weight is 260 g/mol. The molecule has 1 unspecified atom stereocenters. The van der Waals surface area contributed by atoms with E-state index in [1.165, 1.54) is 12.8 Å². The molecule has 0 aromatic rings. The van der Waals surface area contributed by atoms with Crippen LogP contribution in [-0.2, 0) is 0 Å². The topological polar surface area (TPSA) is 6.48 Å². The molecule has 0 spiro atoms. The molecular formula is C14H26F2N2. The minimum Gasteiger partial charge on any atom is -0.301 e. The van der Waals surface area contributed by atoms with Crippen LogP contribution in [-0.4, -0.2) is 54.5 Å². The second-order valence-electron chi connectivity index (χ2n) is 6.10. The van der Waals surface area contributed by atoms with Crippen molar-refractivity contribution in [3.05, 3.63) is 0 Å². The van der Waals surface area contributed by atoms with Crippen molar-refractivity contribution in [1.82, 2.24) is 9.80 Å². The van der Waals surface area contributed by atoms with E-state index >= 15 is 0 Å².